The summed E-state index contributed by atoms with van der Waals surface area (Å²) < 4.78 is 0.296. The first-order valence-electron chi connectivity index (χ1n) is 5.72. The van der Waals surface area contributed by atoms with Crippen LogP contribution in [0.25, 0.3) is 0 Å². The second-order valence-electron chi connectivity index (χ2n) is 4.96. The van der Waals surface area contributed by atoms with Crippen LogP contribution in [0.2, 0.25) is 0 Å². The molecule has 84 valence electrons. The molecule has 15 heavy (non-hydrogen) atoms. The van der Waals surface area contributed by atoms with Gasteiger partial charge in [-0.15, -0.1) is 23.5 Å². The molecule has 0 unspecified atom stereocenters. The van der Waals surface area contributed by atoms with Crippen molar-refractivity contribution in [3.63, 3.8) is 0 Å². The van der Waals surface area contributed by atoms with Crippen LogP contribution in [0.4, 0.5) is 0 Å². The topological polar surface area (TPSA) is 37.3 Å². The smallest absolute Gasteiger partial charge is 0.306 e. The second-order valence-corrected chi connectivity index (χ2v) is 8.06. The average molecular weight is 244 g/mol. The Bertz CT molecular complexity index is 286. The SMILES string of the molecule is O=C(O)[C@H]1C[C@H]2C[C@@H]1C1(C2)SCCCS1. The van der Waals surface area contributed by atoms with Crippen molar-refractivity contribution in [3.8, 4) is 0 Å². The number of hydrogen-bond acceptors (Lipinski definition) is 3. The molecule has 4 heteroatoms. The first kappa shape index (κ1) is 10.3. The molecule has 1 aliphatic heterocycles. The fourth-order valence-corrected chi connectivity index (χ4v) is 7.49. The number of fused-ring (bicyclic) bond motifs is 3. The summed E-state index contributed by atoms with van der Waals surface area (Å²) in [6, 6.07) is 0. The van der Waals surface area contributed by atoms with Crippen LogP contribution in [0, 0.1) is 17.8 Å². The van der Waals surface area contributed by atoms with Crippen molar-refractivity contribution in [1.82, 2.24) is 0 Å². The largest absolute Gasteiger partial charge is 0.481 e. The Morgan fingerprint density at radius 3 is 2.60 bits per heavy atom. The predicted molar refractivity (Wildman–Crippen MR) is 64.2 cm³/mol. The molecule has 1 spiro atoms. The maximum absolute atomic E-state index is 11.2. The van der Waals surface area contributed by atoms with Crippen molar-refractivity contribution in [1.29, 1.82) is 0 Å². The van der Waals surface area contributed by atoms with Gasteiger partial charge >= 0.3 is 5.97 Å². The quantitative estimate of drug-likeness (QED) is 0.769. The molecular weight excluding hydrogens is 228 g/mol. The minimum atomic E-state index is -0.548. The van der Waals surface area contributed by atoms with Gasteiger partial charge in [-0.3, -0.25) is 4.79 Å². The lowest BCUT2D eigenvalue weighted by Crippen LogP contribution is -2.39. The zero-order chi connectivity index (χ0) is 10.5. The molecule has 2 saturated carbocycles. The molecule has 1 N–H and O–H groups in total. The van der Waals surface area contributed by atoms with Gasteiger partial charge in [0.05, 0.1) is 10.00 Å². The molecule has 3 rings (SSSR count). The van der Waals surface area contributed by atoms with Crippen molar-refractivity contribution in [3.05, 3.63) is 0 Å². The molecule has 2 nitrogen and oxygen atoms in total. The van der Waals surface area contributed by atoms with Crippen molar-refractivity contribution < 1.29 is 9.90 Å². The minimum absolute atomic E-state index is 0.0400. The first-order chi connectivity index (χ1) is 7.21. The van der Waals surface area contributed by atoms with Crippen molar-refractivity contribution in [2.75, 3.05) is 11.5 Å². The normalized spacial score (nSPS) is 42.3. The van der Waals surface area contributed by atoms with Gasteiger partial charge in [0, 0.05) is 0 Å². The summed E-state index contributed by atoms with van der Waals surface area (Å²) in [4.78, 5) is 11.2. The van der Waals surface area contributed by atoms with E-state index < -0.39 is 5.97 Å². The molecule has 1 heterocycles. The molecular formula is C11H16O2S2. The fourth-order valence-electron chi connectivity index (χ4n) is 3.54. The van der Waals surface area contributed by atoms with Crippen LogP contribution in [-0.4, -0.2) is 26.7 Å². The summed E-state index contributed by atoms with van der Waals surface area (Å²) in [6.45, 7) is 0. The van der Waals surface area contributed by atoms with E-state index >= 15 is 0 Å². The van der Waals surface area contributed by atoms with Crippen LogP contribution in [0.5, 0.6) is 0 Å². The summed E-state index contributed by atoms with van der Waals surface area (Å²) in [6.07, 6.45) is 4.70. The van der Waals surface area contributed by atoms with E-state index in [4.69, 9.17) is 0 Å². The van der Waals surface area contributed by atoms with E-state index in [0.29, 0.717) is 15.9 Å². The van der Waals surface area contributed by atoms with Crippen LogP contribution < -0.4 is 0 Å². The Labute approximate surface area is 98.6 Å². The Balaban J connectivity index is 1.84. The predicted octanol–water partition coefficient (Wildman–Crippen LogP) is 2.68. The summed E-state index contributed by atoms with van der Waals surface area (Å²) in [5, 5.41) is 9.23. The highest BCUT2D eigenvalue weighted by Crippen LogP contribution is 2.65. The van der Waals surface area contributed by atoms with Crippen LogP contribution in [-0.2, 0) is 4.79 Å². The molecule has 3 atom stereocenters. The number of rotatable bonds is 1. The summed E-state index contributed by atoms with van der Waals surface area (Å²) >= 11 is 4.11. The number of aliphatic carboxylic acids is 1. The van der Waals surface area contributed by atoms with Gasteiger partial charge in [0.15, 0.2) is 0 Å². The number of carbonyl (C=O) groups is 1. The van der Waals surface area contributed by atoms with Crippen molar-refractivity contribution in [2.45, 2.75) is 29.8 Å². The minimum Gasteiger partial charge on any atom is -0.481 e. The van der Waals surface area contributed by atoms with Gasteiger partial charge in [-0.25, -0.2) is 0 Å². The lowest BCUT2D eigenvalue weighted by molar-refractivity contribution is -0.143. The number of carboxylic acids is 1. The van der Waals surface area contributed by atoms with Crippen LogP contribution in [0.15, 0.2) is 0 Å². The number of carboxylic acid groups (broad SMARTS) is 1. The maximum atomic E-state index is 11.2. The molecule has 0 radical (unpaired) electrons. The standard InChI is InChI=1S/C11H16O2S2/c12-10(13)8-4-7-5-9(8)11(6-7)14-2-1-3-15-11/h7-9H,1-6H2,(H,12,13)/t7-,8-,9-/m0/s1. The Morgan fingerprint density at radius 2 is 2.00 bits per heavy atom. The van der Waals surface area contributed by atoms with Gasteiger partial charge in [0.25, 0.3) is 0 Å². The van der Waals surface area contributed by atoms with Gasteiger partial charge in [-0.05, 0) is 49.0 Å². The molecule has 3 aliphatic rings. The van der Waals surface area contributed by atoms with Crippen molar-refractivity contribution in [2.24, 2.45) is 17.8 Å². The molecule has 3 fully saturated rings. The Hall–Kier alpha value is 0.170. The molecule has 2 aliphatic carbocycles. The molecule has 1 saturated heterocycles. The van der Waals surface area contributed by atoms with E-state index in [9.17, 15) is 9.90 Å². The lowest BCUT2D eigenvalue weighted by atomic mass is 9.88. The first-order valence-corrected chi connectivity index (χ1v) is 7.69. The van der Waals surface area contributed by atoms with E-state index in [0.717, 1.165) is 6.42 Å². The maximum Gasteiger partial charge on any atom is 0.306 e. The fraction of sp³-hybridized carbons (Fsp3) is 0.909. The number of thioether (sulfide) groups is 2. The highest BCUT2D eigenvalue weighted by molar-refractivity contribution is 8.18. The van der Waals surface area contributed by atoms with E-state index in [1.54, 1.807) is 0 Å². The van der Waals surface area contributed by atoms with Gasteiger partial charge < -0.3 is 5.11 Å². The molecule has 0 aromatic carbocycles. The van der Waals surface area contributed by atoms with Crippen molar-refractivity contribution >= 4 is 29.5 Å². The van der Waals surface area contributed by atoms with Crippen LogP contribution >= 0.6 is 23.5 Å². The summed E-state index contributed by atoms with van der Waals surface area (Å²) in [5.74, 6) is 3.05. The van der Waals surface area contributed by atoms with E-state index in [1.165, 1.54) is 30.8 Å². The zero-order valence-electron chi connectivity index (χ0n) is 8.65. The van der Waals surface area contributed by atoms with E-state index in [2.05, 4.69) is 23.5 Å². The van der Waals surface area contributed by atoms with Gasteiger partial charge in [-0.2, -0.15) is 0 Å². The third kappa shape index (κ3) is 1.52. The average Bonchev–Trinajstić information content (AvgIpc) is 2.76. The van der Waals surface area contributed by atoms with E-state index in [-0.39, 0.29) is 5.92 Å². The molecule has 0 aromatic rings. The Kier molecular flexibility index (Phi) is 2.47. The third-order valence-corrected chi connectivity index (χ3v) is 7.71. The molecule has 0 amide bonds. The molecule has 0 aromatic heterocycles. The van der Waals surface area contributed by atoms with E-state index in [1.807, 2.05) is 0 Å². The van der Waals surface area contributed by atoms with Gasteiger partial charge in [0.1, 0.15) is 0 Å². The summed E-state index contributed by atoms with van der Waals surface area (Å²) in [5.41, 5.74) is 0. The lowest BCUT2D eigenvalue weighted by Gasteiger charge is -2.41. The zero-order valence-corrected chi connectivity index (χ0v) is 10.3. The van der Waals surface area contributed by atoms with Gasteiger partial charge in [-0.1, -0.05) is 0 Å². The Morgan fingerprint density at radius 1 is 1.27 bits per heavy atom. The van der Waals surface area contributed by atoms with Gasteiger partial charge in [0.2, 0.25) is 0 Å². The second kappa shape index (κ2) is 3.59. The summed E-state index contributed by atoms with van der Waals surface area (Å²) in [7, 11) is 0. The third-order valence-electron chi connectivity index (χ3n) is 4.10. The highest BCUT2D eigenvalue weighted by atomic mass is 32.2. The monoisotopic (exact) mass is 244 g/mol. The van der Waals surface area contributed by atoms with Crippen LogP contribution in [0.3, 0.4) is 0 Å². The number of hydrogen-bond donors (Lipinski definition) is 1. The highest BCUT2D eigenvalue weighted by Gasteiger charge is 2.58. The molecule has 2 bridgehead atoms. The van der Waals surface area contributed by atoms with Crippen LogP contribution in [0.1, 0.15) is 25.7 Å².